The first-order valence-electron chi connectivity index (χ1n) is 9.56. The second-order valence-corrected chi connectivity index (χ2v) is 9.19. The minimum absolute atomic E-state index is 0.156. The van der Waals surface area contributed by atoms with Gasteiger partial charge in [0.1, 0.15) is 0 Å². The molecule has 1 heterocycles. The number of amides is 2. The molecule has 0 radical (unpaired) electrons. The Bertz CT molecular complexity index is 1050. The molecule has 0 spiro atoms. The maximum atomic E-state index is 12.4. The Labute approximate surface area is 182 Å². The Hall–Kier alpha value is -2.91. The number of para-hydroxylation sites is 1. The molecule has 7 nitrogen and oxygen atoms in total. The van der Waals surface area contributed by atoms with Crippen LogP contribution in [0.1, 0.15) is 28.8 Å². The molecule has 2 aromatic carbocycles. The topological polar surface area (TPSA) is 96.0 Å². The molecule has 30 heavy (non-hydrogen) atoms. The smallest absolute Gasteiger partial charge is 0.253 e. The first-order chi connectivity index (χ1) is 14.6. The predicted octanol–water partition coefficient (Wildman–Crippen LogP) is 4.21. The summed E-state index contributed by atoms with van der Waals surface area (Å²) >= 11 is 2.70. The fourth-order valence-corrected chi connectivity index (χ4v) is 4.25. The van der Waals surface area contributed by atoms with E-state index in [9.17, 15) is 9.59 Å². The van der Waals surface area contributed by atoms with E-state index in [2.05, 4.69) is 26.1 Å². The van der Waals surface area contributed by atoms with Gasteiger partial charge in [-0.1, -0.05) is 52.9 Å². The van der Waals surface area contributed by atoms with E-state index >= 15 is 0 Å². The van der Waals surface area contributed by atoms with Gasteiger partial charge < -0.3 is 16.0 Å². The van der Waals surface area contributed by atoms with Crippen molar-refractivity contribution in [3.8, 4) is 0 Å². The van der Waals surface area contributed by atoms with Gasteiger partial charge in [0, 0.05) is 11.7 Å². The average Bonchev–Trinajstić information content (AvgIpc) is 3.44. The van der Waals surface area contributed by atoms with E-state index in [1.165, 1.54) is 28.7 Å². The van der Waals surface area contributed by atoms with Crippen LogP contribution < -0.4 is 16.0 Å². The highest BCUT2D eigenvalue weighted by atomic mass is 32.2. The van der Waals surface area contributed by atoms with Crippen LogP contribution in [0.15, 0.2) is 52.9 Å². The minimum atomic E-state index is -0.199. The molecule has 1 fully saturated rings. The van der Waals surface area contributed by atoms with Crippen molar-refractivity contribution in [3.05, 3.63) is 59.7 Å². The summed E-state index contributed by atoms with van der Waals surface area (Å²) in [6, 6.07) is 15.3. The van der Waals surface area contributed by atoms with Gasteiger partial charge in [-0.05, 0) is 44.0 Å². The lowest BCUT2D eigenvalue weighted by molar-refractivity contribution is -0.113. The quantitative estimate of drug-likeness (QED) is 0.455. The van der Waals surface area contributed by atoms with Gasteiger partial charge in [0.05, 0.1) is 17.0 Å². The normalized spacial score (nSPS) is 13.0. The van der Waals surface area contributed by atoms with Gasteiger partial charge in [-0.2, -0.15) is 0 Å². The molecule has 1 aliphatic rings. The van der Waals surface area contributed by atoms with Crippen LogP contribution in [0.3, 0.4) is 0 Å². The van der Waals surface area contributed by atoms with Crippen molar-refractivity contribution >= 4 is 51.4 Å². The van der Waals surface area contributed by atoms with Crippen molar-refractivity contribution in [2.75, 3.05) is 16.4 Å². The summed E-state index contributed by atoms with van der Waals surface area (Å²) in [5.41, 5.74) is 3.11. The summed E-state index contributed by atoms with van der Waals surface area (Å²) in [5, 5.41) is 17.9. The molecule has 1 saturated carbocycles. The largest absolute Gasteiger partial charge is 0.349 e. The Morgan fingerprint density at radius 2 is 1.87 bits per heavy atom. The van der Waals surface area contributed by atoms with Crippen LogP contribution in [0.5, 0.6) is 0 Å². The lowest BCUT2D eigenvalue weighted by Gasteiger charge is -2.10. The third-order valence-electron chi connectivity index (χ3n) is 4.39. The van der Waals surface area contributed by atoms with E-state index in [1.54, 1.807) is 24.3 Å². The second kappa shape index (κ2) is 9.27. The van der Waals surface area contributed by atoms with Gasteiger partial charge in [-0.3, -0.25) is 9.59 Å². The number of nitrogens with one attached hydrogen (secondary N) is 3. The number of aryl methyl sites for hydroxylation is 1. The highest BCUT2D eigenvalue weighted by Gasteiger charge is 2.25. The molecule has 1 aromatic heterocycles. The van der Waals surface area contributed by atoms with Crippen molar-refractivity contribution in [2.45, 2.75) is 30.1 Å². The molecule has 0 bridgehead atoms. The van der Waals surface area contributed by atoms with Crippen LogP contribution in [0.2, 0.25) is 0 Å². The summed E-state index contributed by atoms with van der Waals surface area (Å²) in [5.74, 6) is -0.176. The summed E-state index contributed by atoms with van der Waals surface area (Å²) in [4.78, 5) is 24.8. The van der Waals surface area contributed by atoms with Crippen LogP contribution in [0, 0.1) is 6.92 Å². The zero-order valence-corrected chi connectivity index (χ0v) is 18.0. The van der Waals surface area contributed by atoms with Crippen LogP contribution in [0.4, 0.5) is 16.5 Å². The van der Waals surface area contributed by atoms with E-state index in [4.69, 9.17) is 0 Å². The molecule has 154 valence electrons. The van der Waals surface area contributed by atoms with Crippen molar-refractivity contribution in [1.82, 2.24) is 15.5 Å². The Kier molecular flexibility index (Phi) is 6.29. The zero-order chi connectivity index (χ0) is 20.9. The van der Waals surface area contributed by atoms with E-state index in [1.807, 2.05) is 31.2 Å². The third kappa shape index (κ3) is 5.58. The third-order valence-corrected chi connectivity index (χ3v) is 6.37. The monoisotopic (exact) mass is 439 g/mol. The van der Waals surface area contributed by atoms with Gasteiger partial charge in [-0.15, -0.1) is 10.2 Å². The summed E-state index contributed by atoms with van der Waals surface area (Å²) in [6.45, 7) is 2.03. The van der Waals surface area contributed by atoms with Crippen LogP contribution in [-0.4, -0.2) is 33.8 Å². The van der Waals surface area contributed by atoms with Crippen molar-refractivity contribution in [2.24, 2.45) is 0 Å². The number of anilines is 3. The predicted molar refractivity (Wildman–Crippen MR) is 121 cm³/mol. The lowest BCUT2D eigenvalue weighted by atomic mass is 10.1. The number of carbonyl (C=O) groups is 2. The Balaban J connectivity index is 1.31. The number of hydrogen-bond donors (Lipinski definition) is 3. The van der Waals surface area contributed by atoms with Crippen molar-refractivity contribution in [1.29, 1.82) is 0 Å². The molecule has 3 aromatic rings. The molecule has 4 rings (SSSR count). The second-order valence-electron chi connectivity index (χ2n) is 6.99. The molecular formula is C21H21N5O2S2. The first kappa shape index (κ1) is 20.4. The number of hydrogen-bond acceptors (Lipinski definition) is 7. The molecule has 0 aliphatic heterocycles. The standard InChI is InChI=1S/C21H21N5O2S2/c1-13-6-8-15(9-7-13)23-20-25-26-21(30-20)29-12-18(27)24-17-5-3-2-4-16(17)19(28)22-14-10-11-14/h2-9,14H,10-12H2,1H3,(H,22,28)(H,23,25)(H,24,27). The van der Waals surface area contributed by atoms with Crippen LogP contribution in [-0.2, 0) is 4.79 Å². The van der Waals surface area contributed by atoms with Gasteiger partial charge in [0.25, 0.3) is 5.91 Å². The number of thioether (sulfide) groups is 1. The molecule has 1 aliphatic carbocycles. The number of carbonyl (C=O) groups excluding carboxylic acids is 2. The van der Waals surface area contributed by atoms with Gasteiger partial charge in [0.2, 0.25) is 11.0 Å². The molecule has 3 N–H and O–H groups in total. The van der Waals surface area contributed by atoms with Gasteiger partial charge in [0.15, 0.2) is 4.34 Å². The molecule has 0 saturated heterocycles. The number of aromatic nitrogens is 2. The summed E-state index contributed by atoms with van der Waals surface area (Å²) in [6.07, 6.45) is 2.03. The molecule has 0 unspecified atom stereocenters. The number of benzene rings is 2. The van der Waals surface area contributed by atoms with E-state index < -0.39 is 0 Å². The average molecular weight is 440 g/mol. The Morgan fingerprint density at radius 1 is 1.10 bits per heavy atom. The van der Waals surface area contributed by atoms with Crippen LogP contribution >= 0.6 is 23.1 Å². The fraction of sp³-hybridized carbons (Fsp3) is 0.238. The van der Waals surface area contributed by atoms with Gasteiger partial charge >= 0.3 is 0 Å². The van der Waals surface area contributed by atoms with Crippen molar-refractivity contribution in [3.63, 3.8) is 0 Å². The molecule has 2 amide bonds. The molecule has 0 atom stereocenters. The van der Waals surface area contributed by atoms with E-state index in [-0.39, 0.29) is 23.6 Å². The highest BCUT2D eigenvalue weighted by Crippen LogP contribution is 2.28. The number of nitrogens with zero attached hydrogens (tertiary/aromatic N) is 2. The molecule has 9 heteroatoms. The Morgan fingerprint density at radius 3 is 2.63 bits per heavy atom. The zero-order valence-electron chi connectivity index (χ0n) is 16.3. The fourth-order valence-electron chi connectivity index (χ4n) is 2.67. The van der Waals surface area contributed by atoms with Gasteiger partial charge in [-0.25, -0.2) is 0 Å². The SMILES string of the molecule is Cc1ccc(Nc2nnc(SCC(=O)Nc3ccccc3C(=O)NC3CC3)s2)cc1. The maximum absolute atomic E-state index is 12.4. The minimum Gasteiger partial charge on any atom is -0.349 e. The maximum Gasteiger partial charge on any atom is 0.253 e. The van der Waals surface area contributed by atoms with Crippen LogP contribution in [0.25, 0.3) is 0 Å². The van der Waals surface area contributed by atoms with Crippen molar-refractivity contribution < 1.29 is 9.59 Å². The first-order valence-corrected chi connectivity index (χ1v) is 11.4. The summed E-state index contributed by atoms with van der Waals surface area (Å²) < 4.78 is 0.694. The summed E-state index contributed by atoms with van der Waals surface area (Å²) in [7, 11) is 0. The van der Waals surface area contributed by atoms with E-state index in [0.29, 0.717) is 20.7 Å². The highest BCUT2D eigenvalue weighted by molar-refractivity contribution is 8.01. The molecular weight excluding hydrogens is 418 g/mol. The van der Waals surface area contributed by atoms with E-state index in [0.717, 1.165) is 18.5 Å². The number of rotatable bonds is 8. The lowest BCUT2D eigenvalue weighted by Crippen LogP contribution is -2.27.